The SMILES string of the molecule is Nc1cnc(Nc2cc(Cl)ccc2F)c(Br)c1. The molecule has 0 aliphatic heterocycles. The number of halogens is 3. The highest BCUT2D eigenvalue weighted by molar-refractivity contribution is 9.10. The summed E-state index contributed by atoms with van der Waals surface area (Å²) in [6.07, 6.45) is 1.48. The zero-order chi connectivity index (χ0) is 12.4. The molecule has 0 aliphatic rings. The van der Waals surface area contributed by atoms with Crippen molar-refractivity contribution in [2.45, 2.75) is 0 Å². The molecule has 0 aliphatic carbocycles. The van der Waals surface area contributed by atoms with Crippen molar-refractivity contribution in [2.24, 2.45) is 0 Å². The summed E-state index contributed by atoms with van der Waals surface area (Å²) >= 11 is 9.08. The van der Waals surface area contributed by atoms with Crippen LogP contribution in [0.3, 0.4) is 0 Å². The minimum Gasteiger partial charge on any atom is -0.397 e. The van der Waals surface area contributed by atoms with Gasteiger partial charge < -0.3 is 11.1 Å². The number of nitrogens with two attached hydrogens (primary N) is 1. The van der Waals surface area contributed by atoms with Crippen LogP contribution in [0.15, 0.2) is 34.9 Å². The normalized spacial score (nSPS) is 10.3. The van der Waals surface area contributed by atoms with Gasteiger partial charge in [0.1, 0.15) is 11.6 Å². The van der Waals surface area contributed by atoms with Gasteiger partial charge in [-0.1, -0.05) is 11.6 Å². The zero-order valence-corrected chi connectivity index (χ0v) is 10.9. The molecule has 88 valence electrons. The summed E-state index contributed by atoms with van der Waals surface area (Å²) in [5.74, 6) is 0.0697. The van der Waals surface area contributed by atoms with E-state index in [0.29, 0.717) is 21.0 Å². The van der Waals surface area contributed by atoms with Crippen molar-refractivity contribution < 1.29 is 4.39 Å². The van der Waals surface area contributed by atoms with Crippen molar-refractivity contribution in [1.29, 1.82) is 0 Å². The van der Waals surface area contributed by atoms with Gasteiger partial charge in [-0.2, -0.15) is 0 Å². The third-order valence-corrected chi connectivity index (χ3v) is 2.88. The fourth-order valence-corrected chi connectivity index (χ4v) is 1.90. The van der Waals surface area contributed by atoms with Gasteiger partial charge in [0.2, 0.25) is 0 Å². The van der Waals surface area contributed by atoms with E-state index in [2.05, 4.69) is 26.2 Å². The Morgan fingerprint density at radius 2 is 2.12 bits per heavy atom. The van der Waals surface area contributed by atoms with Gasteiger partial charge in [-0.3, -0.25) is 0 Å². The standard InChI is InChI=1S/C11H8BrClFN3/c12-8-4-7(15)5-16-11(8)17-10-3-6(13)1-2-9(10)14/h1-5H,15H2,(H,16,17). The Hall–Kier alpha value is -1.33. The molecule has 3 nitrogen and oxygen atoms in total. The predicted octanol–water partition coefficient (Wildman–Crippen LogP) is 3.96. The number of nitrogens with one attached hydrogen (secondary N) is 1. The second-order valence-corrected chi connectivity index (χ2v) is 4.64. The number of nitrogens with zero attached hydrogens (tertiary/aromatic N) is 1. The van der Waals surface area contributed by atoms with Gasteiger partial charge in [-0.15, -0.1) is 0 Å². The molecule has 0 saturated carbocycles. The minimum atomic E-state index is -0.403. The molecule has 6 heteroatoms. The van der Waals surface area contributed by atoms with E-state index in [0.717, 1.165) is 0 Å². The smallest absolute Gasteiger partial charge is 0.146 e. The molecule has 1 aromatic heterocycles. The summed E-state index contributed by atoms with van der Waals surface area (Å²) < 4.78 is 14.1. The number of pyridine rings is 1. The van der Waals surface area contributed by atoms with Gasteiger partial charge in [0.25, 0.3) is 0 Å². The van der Waals surface area contributed by atoms with E-state index in [1.807, 2.05) is 0 Å². The zero-order valence-electron chi connectivity index (χ0n) is 8.55. The first kappa shape index (κ1) is 12.1. The molecule has 2 aromatic rings. The minimum absolute atomic E-state index is 0.260. The monoisotopic (exact) mass is 315 g/mol. The Bertz CT molecular complexity index is 562. The maximum atomic E-state index is 13.5. The van der Waals surface area contributed by atoms with Crippen molar-refractivity contribution in [3.63, 3.8) is 0 Å². The Morgan fingerprint density at radius 3 is 2.82 bits per heavy atom. The molecule has 0 saturated heterocycles. The lowest BCUT2D eigenvalue weighted by Crippen LogP contribution is -1.98. The van der Waals surface area contributed by atoms with Gasteiger partial charge in [-0.25, -0.2) is 9.37 Å². The summed E-state index contributed by atoms with van der Waals surface area (Å²) in [5.41, 5.74) is 6.34. The van der Waals surface area contributed by atoms with Crippen molar-refractivity contribution >= 4 is 44.7 Å². The molecule has 0 bridgehead atoms. The number of anilines is 3. The average molecular weight is 317 g/mol. The van der Waals surface area contributed by atoms with E-state index in [1.54, 1.807) is 6.07 Å². The van der Waals surface area contributed by atoms with Crippen LogP contribution in [0.25, 0.3) is 0 Å². The summed E-state index contributed by atoms with van der Waals surface area (Å²) in [6, 6.07) is 5.93. The number of hydrogen-bond acceptors (Lipinski definition) is 3. The van der Waals surface area contributed by atoms with Crippen LogP contribution < -0.4 is 11.1 Å². The maximum Gasteiger partial charge on any atom is 0.146 e. The summed E-state index contributed by atoms with van der Waals surface area (Å²) in [4.78, 5) is 4.05. The first-order chi connectivity index (χ1) is 8.06. The largest absolute Gasteiger partial charge is 0.397 e. The third-order valence-electron chi connectivity index (χ3n) is 2.04. The molecule has 0 radical (unpaired) electrons. The van der Waals surface area contributed by atoms with Gasteiger partial charge >= 0.3 is 0 Å². The first-order valence-electron chi connectivity index (χ1n) is 4.69. The van der Waals surface area contributed by atoms with E-state index in [-0.39, 0.29) is 5.69 Å². The molecule has 0 unspecified atom stereocenters. The molecule has 3 N–H and O–H groups in total. The van der Waals surface area contributed by atoms with Gasteiger partial charge in [0, 0.05) is 5.02 Å². The van der Waals surface area contributed by atoms with E-state index < -0.39 is 5.82 Å². The molecule has 17 heavy (non-hydrogen) atoms. The Morgan fingerprint density at radius 1 is 1.35 bits per heavy atom. The lowest BCUT2D eigenvalue weighted by molar-refractivity contribution is 0.632. The highest BCUT2D eigenvalue weighted by Crippen LogP contribution is 2.28. The molecular formula is C11H8BrClFN3. The lowest BCUT2D eigenvalue weighted by atomic mass is 10.3. The third kappa shape index (κ3) is 2.87. The van der Waals surface area contributed by atoms with Crippen LogP contribution in [0.4, 0.5) is 21.6 Å². The van der Waals surface area contributed by atoms with Gasteiger partial charge in [-0.05, 0) is 40.2 Å². The molecule has 1 aromatic carbocycles. The van der Waals surface area contributed by atoms with Crippen molar-refractivity contribution in [1.82, 2.24) is 4.98 Å². The van der Waals surface area contributed by atoms with Crippen LogP contribution in [0.2, 0.25) is 5.02 Å². The fraction of sp³-hybridized carbons (Fsp3) is 0. The van der Waals surface area contributed by atoms with Gasteiger partial charge in [0.15, 0.2) is 0 Å². The molecule has 0 spiro atoms. The topological polar surface area (TPSA) is 50.9 Å². The van der Waals surface area contributed by atoms with E-state index in [4.69, 9.17) is 17.3 Å². The van der Waals surface area contributed by atoms with Crippen molar-refractivity contribution in [3.8, 4) is 0 Å². The first-order valence-corrected chi connectivity index (χ1v) is 5.86. The molecule has 0 atom stereocenters. The van der Waals surface area contributed by atoms with E-state index in [1.165, 1.54) is 24.4 Å². The second kappa shape index (κ2) is 4.89. The Balaban J connectivity index is 2.34. The number of nitrogen functional groups attached to an aromatic ring is 1. The van der Waals surface area contributed by atoms with Crippen LogP contribution >= 0.6 is 27.5 Å². The number of benzene rings is 1. The fourth-order valence-electron chi connectivity index (χ4n) is 1.27. The van der Waals surface area contributed by atoms with E-state index >= 15 is 0 Å². The highest BCUT2D eigenvalue weighted by atomic mass is 79.9. The summed E-state index contributed by atoms with van der Waals surface area (Å²) in [7, 11) is 0. The van der Waals surface area contributed by atoms with Crippen LogP contribution in [-0.4, -0.2) is 4.98 Å². The quantitative estimate of drug-likeness (QED) is 0.881. The summed E-state index contributed by atoms with van der Waals surface area (Å²) in [5, 5.41) is 3.28. The molecule has 0 amide bonds. The molecule has 2 rings (SSSR count). The number of rotatable bonds is 2. The summed E-state index contributed by atoms with van der Waals surface area (Å²) in [6.45, 7) is 0. The highest BCUT2D eigenvalue weighted by Gasteiger charge is 2.07. The van der Waals surface area contributed by atoms with Crippen LogP contribution in [0, 0.1) is 5.82 Å². The van der Waals surface area contributed by atoms with Crippen LogP contribution in [-0.2, 0) is 0 Å². The van der Waals surface area contributed by atoms with Crippen molar-refractivity contribution in [2.75, 3.05) is 11.1 Å². The number of aromatic nitrogens is 1. The Kier molecular flexibility index (Phi) is 3.49. The maximum absolute atomic E-state index is 13.5. The predicted molar refractivity (Wildman–Crippen MR) is 71.0 cm³/mol. The second-order valence-electron chi connectivity index (χ2n) is 3.35. The van der Waals surface area contributed by atoms with Gasteiger partial charge in [0.05, 0.1) is 22.0 Å². The van der Waals surface area contributed by atoms with E-state index in [9.17, 15) is 4.39 Å². The number of hydrogen-bond donors (Lipinski definition) is 2. The lowest BCUT2D eigenvalue weighted by Gasteiger charge is -2.09. The van der Waals surface area contributed by atoms with Crippen LogP contribution in [0.1, 0.15) is 0 Å². The van der Waals surface area contributed by atoms with Crippen molar-refractivity contribution in [3.05, 3.63) is 45.8 Å². The molecule has 1 heterocycles. The molecule has 0 fully saturated rings. The average Bonchev–Trinajstić information content (AvgIpc) is 2.27. The molecular weight excluding hydrogens is 308 g/mol. The van der Waals surface area contributed by atoms with Crippen LogP contribution in [0.5, 0.6) is 0 Å². The Labute approximate surface area is 111 Å².